The van der Waals surface area contributed by atoms with E-state index in [0.29, 0.717) is 12.0 Å². The lowest BCUT2D eigenvalue weighted by atomic mass is 9.86. The molecule has 1 aromatic rings. The van der Waals surface area contributed by atoms with Crippen LogP contribution in [0.1, 0.15) is 50.1 Å². The van der Waals surface area contributed by atoms with Crippen molar-refractivity contribution in [2.45, 2.75) is 44.6 Å². The van der Waals surface area contributed by atoms with Gasteiger partial charge in [0, 0.05) is 11.6 Å². The lowest BCUT2D eigenvalue weighted by molar-refractivity contribution is 0.324. The molecule has 0 amide bonds. The molecule has 2 rings (SSSR count). The van der Waals surface area contributed by atoms with Gasteiger partial charge in [-0.2, -0.15) is 0 Å². The molecule has 1 aliphatic carbocycles. The molecule has 0 bridgehead atoms. The van der Waals surface area contributed by atoms with Gasteiger partial charge in [0.2, 0.25) is 0 Å². The number of methoxy groups -OCH3 is 2. The number of hydrogen-bond acceptors (Lipinski definition) is 3. The first-order valence-corrected chi connectivity index (χ1v) is 7.69. The highest BCUT2D eigenvalue weighted by Crippen LogP contribution is 2.38. The van der Waals surface area contributed by atoms with Crippen molar-refractivity contribution in [3.8, 4) is 11.5 Å². The van der Waals surface area contributed by atoms with E-state index in [0.717, 1.165) is 11.5 Å². The molecule has 1 aromatic carbocycles. The van der Waals surface area contributed by atoms with Crippen molar-refractivity contribution >= 4 is 0 Å². The average molecular weight is 277 g/mol. The molecule has 20 heavy (non-hydrogen) atoms. The number of hydrogen-bond donors (Lipinski definition) is 1. The zero-order valence-corrected chi connectivity index (χ0v) is 12.9. The maximum absolute atomic E-state index is 5.55. The second-order valence-electron chi connectivity index (χ2n) is 5.63. The summed E-state index contributed by atoms with van der Waals surface area (Å²) in [6.07, 6.45) is 8.03. The summed E-state index contributed by atoms with van der Waals surface area (Å²) in [7, 11) is 5.51. The Bertz CT molecular complexity index is 411. The standard InChI is InChI=1S/C17H27NO2/c1-18-17(13-8-6-4-5-7-9-13)15-12-14(19-2)10-11-16(15)20-3/h10-13,17-18H,4-9H2,1-3H3. The third kappa shape index (κ3) is 3.45. The van der Waals surface area contributed by atoms with E-state index in [-0.39, 0.29) is 0 Å². The maximum Gasteiger partial charge on any atom is 0.123 e. The molecule has 112 valence electrons. The van der Waals surface area contributed by atoms with E-state index in [1.807, 2.05) is 12.1 Å². The topological polar surface area (TPSA) is 30.5 Å². The van der Waals surface area contributed by atoms with Crippen LogP contribution >= 0.6 is 0 Å². The third-order valence-corrected chi connectivity index (χ3v) is 4.45. The van der Waals surface area contributed by atoms with Crippen LogP contribution in [0, 0.1) is 5.92 Å². The van der Waals surface area contributed by atoms with Crippen LogP contribution in [0.3, 0.4) is 0 Å². The van der Waals surface area contributed by atoms with Crippen LogP contribution in [0.2, 0.25) is 0 Å². The fourth-order valence-electron chi connectivity index (χ4n) is 3.37. The van der Waals surface area contributed by atoms with Crippen LogP contribution in [-0.4, -0.2) is 21.3 Å². The summed E-state index contributed by atoms with van der Waals surface area (Å²) in [5.41, 5.74) is 1.22. The van der Waals surface area contributed by atoms with E-state index in [1.54, 1.807) is 14.2 Å². The average Bonchev–Trinajstić information content (AvgIpc) is 2.77. The number of nitrogens with one attached hydrogen (secondary N) is 1. The molecule has 0 aliphatic heterocycles. The highest BCUT2D eigenvalue weighted by atomic mass is 16.5. The molecular formula is C17H27NO2. The van der Waals surface area contributed by atoms with E-state index < -0.39 is 0 Å². The molecule has 3 heteroatoms. The van der Waals surface area contributed by atoms with Gasteiger partial charge in [0.1, 0.15) is 11.5 Å². The first kappa shape index (κ1) is 15.2. The molecule has 0 aromatic heterocycles. The third-order valence-electron chi connectivity index (χ3n) is 4.45. The van der Waals surface area contributed by atoms with E-state index in [4.69, 9.17) is 9.47 Å². The Balaban J connectivity index is 2.28. The van der Waals surface area contributed by atoms with Gasteiger partial charge in [-0.25, -0.2) is 0 Å². The molecule has 0 saturated heterocycles. The second-order valence-corrected chi connectivity index (χ2v) is 5.63. The van der Waals surface area contributed by atoms with Crippen molar-refractivity contribution in [1.82, 2.24) is 5.32 Å². The van der Waals surface area contributed by atoms with Crippen molar-refractivity contribution in [2.24, 2.45) is 5.92 Å². The molecule has 3 nitrogen and oxygen atoms in total. The zero-order chi connectivity index (χ0) is 14.4. The van der Waals surface area contributed by atoms with Gasteiger partial charge in [-0.15, -0.1) is 0 Å². The van der Waals surface area contributed by atoms with Gasteiger partial charge in [0.15, 0.2) is 0 Å². The first-order chi connectivity index (χ1) is 9.80. The van der Waals surface area contributed by atoms with Crippen molar-refractivity contribution in [2.75, 3.05) is 21.3 Å². The summed E-state index contributed by atoms with van der Waals surface area (Å²) in [6.45, 7) is 0. The fourth-order valence-corrected chi connectivity index (χ4v) is 3.37. The molecule has 1 fully saturated rings. The number of rotatable bonds is 5. The predicted octanol–water partition coefficient (Wildman–Crippen LogP) is 3.93. The van der Waals surface area contributed by atoms with Crippen molar-refractivity contribution in [3.63, 3.8) is 0 Å². The van der Waals surface area contributed by atoms with Gasteiger partial charge in [0.25, 0.3) is 0 Å². The van der Waals surface area contributed by atoms with Crippen LogP contribution in [0.15, 0.2) is 18.2 Å². The highest BCUT2D eigenvalue weighted by molar-refractivity contribution is 5.42. The summed E-state index contributed by atoms with van der Waals surface area (Å²) < 4.78 is 10.9. The van der Waals surface area contributed by atoms with Gasteiger partial charge in [-0.1, -0.05) is 25.7 Å². The quantitative estimate of drug-likeness (QED) is 0.827. The molecule has 0 spiro atoms. The number of ether oxygens (including phenoxy) is 2. The van der Waals surface area contributed by atoms with E-state index in [2.05, 4.69) is 18.4 Å². The summed E-state index contributed by atoms with van der Waals surface area (Å²) in [5, 5.41) is 3.51. The minimum absolute atomic E-state index is 0.346. The van der Waals surface area contributed by atoms with Crippen LogP contribution in [-0.2, 0) is 0 Å². The smallest absolute Gasteiger partial charge is 0.123 e. The minimum Gasteiger partial charge on any atom is -0.497 e. The van der Waals surface area contributed by atoms with Crippen LogP contribution in [0.4, 0.5) is 0 Å². The van der Waals surface area contributed by atoms with Crippen LogP contribution < -0.4 is 14.8 Å². The van der Waals surface area contributed by atoms with Gasteiger partial charge in [-0.3, -0.25) is 0 Å². The first-order valence-electron chi connectivity index (χ1n) is 7.69. The normalized spacial score (nSPS) is 18.4. The Kier molecular flexibility index (Phi) is 5.72. The summed E-state index contributed by atoms with van der Waals surface area (Å²) in [4.78, 5) is 0. The van der Waals surface area contributed by atoms with Crippen LogP contribution in [0.25, 0.3) is 0 Å². The molecule has 1 unspecified atom stereocenters. The predicted molar refractivity (Wildman–Crippen MR) is 82.5 cm³/mol. The molecule has 1 N–H and O–H groups in total. The summed E-state index contributed by atoms with van der Waals surface area (Å²) in [5.74, 6) is 2.53. The van der Waals surface area contributed by atoms with Crippen molar-refractivity contribution in [3.05, 3.63) is 23.8 Å². The molecule has 1 aliphatic rings. The molecule has 0 heterocycles. The minimum atomic E-state index is 0.346. The fraction of sp³-hybridized carbons (Fsp3) is 0.647. The molecular weight excluding hydrogens is 250 g/mol. The Morgan fingerprint density at radius 3 is 2.30 bits per heavy atom. The van der Waals surface area contributed by atoms with E-state index in [1.165, 1.54) is 44.1 Å². The highest BCUT2D eigenvalue weighted by Gasteiger charge is 2.25. The van der Waals surface area contributed by atoms with Gasteiger partial charge >= 0.3 is 0 Å². The van der Waals surface area contributed by atoms with Gasteiger partial charge < -0.3 is 14.8 Å². The molecule has 1 saturated carbocycles. The van der Waals surface area contributed by atoms with Crippen LogP contribution in [0.5, 0.6) is 11.5 Å². The van der Waals surface area contributed by atoms with E-state index >= 15 is 0 Å². The Hall–Kier alpha value is -1.22. The maximum atomic E-state index is 5.55. The number of benzene rings is 1. The van der Waals surface area contributed by atoms with E-state index in [9.17, 15) is 0 Å². The SMILES string of the molecule is CNC(c1cc(OC)ccc1OC)C1CCCCCC1. The lowest BCUT2D eigenvalue weighted by Gasteiger charge is -2.28. The molecule has 0 radical (unpaired) electrons. The monoisotopic (exact) mass is 277 g/mol. The molecule has 1 atom stereocenters. The largest absolute Gasteiger partial charge is 0.497 e. The lowest BCUT2D eigenvalue weighted by Crippen LogP contribution is -2.25. The van der Waals surface area contributed by atoms with Crippen molar-refractivity contribution in [1.29, 1.82) is 0 Å². The van der Waals surface area contributed by atoms with Gasteiger partial charge in [-0.05, 0) is 44.0 Å². The Morgan fingerprint density at radius 2 is 1.75 bits per heavy atom. The summed E-state index contributed by atoms with van der Waals surface area (Å²) in [6, 6.07) is 6.43. The second kappa shape index (κ2) is 7.53. The summed E-state index contributed by atoms with van der Waals surface area (Å²) >= 11 is 0. The Morgan fingerprint density at radius 1 is 1.05 bits per heavy atom. The zero-order valence-electron chi connectivity index (χ0n) is 12.9. The Labute approximate surface area is 122 Å². The van der Waals surface area contributed by atoms with Crippen molar-refractivity contribution < 1.29 is 9.47 Å². The van der Waals surface area contributed by atoms with Gasteiger partial charge in [0.05, 0.1) is 14.2 Å².